The number of nitrogens with one attached hydrogen (secondary N) is 1. The van der Waals surface area contributed by atoms with Gasteiger partial charge in [0.1, 0.15) is 17.9 Å². The zero-order chi connectivity index (χ0) is 22.8. The van der Waals surface area contributed by atoms with Crippen molar-refractivity contribution in [2.24, 2.45) is 0 Å². The van der Waals surface area contributed by atoms with Crippen molar-refractivity contribution >= 4 is 32.6 Å². The van der Waals surface area contributed by atoms with Crippen LogP contribution in [-0.4, -0.2) is 74.9 Å². The molecule has 33 heavy (non-hydrogen) atoms. The molecule has 0 bridgehead atoms. The average molecular weight is 469 g/mol. The number of piperazine rings is 1. The molecular formula is C24H28N4O4S. The van der Waals surface area contributed by atoms with Gasteiger partial charge in [0.2, 0.25) is 6.10 Å². The van der Waals surface area contributed by atoms with Crippen molar-refractivity contribution in [1.29, 1.82) is 0 Å². The third kappa shape index (κ3) is 4.56. The van der Waals surface area contributed by atoms with Crippen LogP contribution in [0.15, 0.2) is 36.4 Å². The van der Waals surface area contributed by atoms with E-state index in [0.29, 0.717) is 18.0 Å². The van der Waals surface area contributed by atoms with Gasteiger partial charge in [-0.05, 0) is 30.7 Å². The average Bonchev–Trinajstić information content (AvgIpc) is 3.31. The summed E-state index contributed by atoms with van der Waals surface area (Å²) in [6, 6.07) is 11.5. The van der Waals surface area contributed by atoms with Crippen molar-refractivity contribution < 1.29 is 19.0 Å². The van der Waals surface area contributed by atoms with Gasteiger partial charge in [-0.3, -0.25) is 9.69 Å². The number of aryl methyl sites for hydroxylation is 1. The Labute approximate surface area is 197 Å². The largest absolute Gasteiger partial charge is 0.494 e. The maximum Gasteiger partial charge on any atom is 0.264 e. The molecule has 1 aromatic heterocycles. The Morgan fingerprint density at radius 3 is 2.76 bits per heavy atom. The number of aromatic nitrogens is 1. The molecule has 174 valence electrons. The first-order valence-corrected chi connectivity index (χ1v) is 12.0. The van der Waals surface area contributed by atoms with Crippen LogP contribution >= 0.6 is 11.3 Å². The van der Waals surface area contributed by atoms with Gasteiger partial charge in [0.05, 0.1) is 11.8 Å². The summed E-state index contributed by atoms with van der Waals surface area (Å²) in [5.74, 6) is 1.98. The van der Waals surface area contributed by atoms with E-state index in [1.807, 2.05) is 30.3 Å². The highest BCUT2D eigenvalue weighted by molar-refractivity contribution is 7.22. The van der Waals surface area contributed by atoms with Crippen LogP contribution in [0.2, 0.25) is 0 Å². The van der Waals surface area contributed by atoms with Crippen molar-refractivity contribution in [1.82, 2.24) is 15.2 Å². The molecule has 2 aromatic carbocycles. The quantitative estimate of drug-likeness (QED) is 0.596. The highest BCUT2D eigenvalue weighted by Gasteiger charge is 2.27. The molecule has 1 saturated heterocycles. The summed E-state index contributed by atoms with van der Waals surface area (Å²) in [6.07, 6.45) is -0.615. The van der Waals surface area contributed by atoms with Gasteiger partial charge in [0.15, 0.2) is 16.6 Å². The van der Waals surface area contributed by atoms with Crippen LogP contribution in [0, 0.1) is 6.92 Å². The van der Waals surface area contributed by atoms with E-state index in [1.165, 1.54) is 10.3 Å². The highest BCUT2D eigenvalue weighted by atomic mass is 32.1. The van der Waals surface area contributed by atoms with Gasteiger partial charge >= 0.3 is 0 Å². The minimum absolute atomic E-state index is 0.137. The molecule has 2 aliphatic heterocycles. The lowest BCUT2D eigenvalue weighted by molar-refractivity contribution is -0.130. The van der Waals surface area contributed by atoms with E-state index < -0.39 is 6.10 Å². The first-order chi connectivity index (χ1) is 16.1. The lowest BCUT2D eigenvalue weighted by Crippen LogP contribution is -2.50. The number of thiazole rings is 1. The fraction of sp³-hybridized carbons (Fsp3) is 0.417. The summed E-state index contributed by atoms with van der Waals surface area (Å²) in [6.45, 7) is 7.40. The number of para-hydroxylation sites is 2. The minimum atomic E-state index is -0.615. The predicted molar refractivity (Wildman–Crippen MR) is 129 cm³/mol. The zero-order valence-electron chi connectivity index (χ0n) is 18.9. The highest BCUT2D eigenvalue weighted by Crippen LogP contribution is 2.36. The van der Waals surface area contributed by atoms with E-state index in [9.17, 15) is 4.79 Å². The number of ether oxygens (including phenoxy) is 3. The topological polar surface area (TPSA) is 76.2 Å². The molecule has 0 saturated carbocycles. The van der Waals surface area contributed by atoms with E-state index in [0.717, 1.165) is 49.1 Å². The first kappa shape index (κ1) is 21.8. The number of nitrogens with zero attached hydrogens (tertiary/aromatic N) is 3. The lowest BCUT2D eigenvalue weighted by Gasteiger charge is -2.34. The molecule has 1 unspecified atom stereocenters. The summed E-state index contributed by atoms with van der Waals surface area (Å²) in [7, 11) is 1.69. The predicted octanol–water partition coefficient (Wildman–Crippen LogP) is 2.69. The molecule has 9 heteroatoms. The number of carbonyl (C=O) groups is 1. The number of benzene rings is 2. The second kappa shape index (κ2) is 9.44. The van der Waals surface area contributed by atoms with E-state index in [4.69, 9.17) is 19.2 Å². The van der Waals surface area contributed by atoms with Crippen molar-refractivity contribution in [2.75, 3.05) is 57.9 Å². The number of fused-ring (bicyclic) bond motifs is 2. The van der Waals surface area contributed by atoms with Gasteiger partial charge in [0, 0.05) is 39.3 Å². The van der Waals surface area contributed by atoms with Crippen LogP contribution in [0.3, 0.4) is 0 Å². The van der Waals surface area contributed by atoms with Crippen LogP contribution < -0.4 is 24.4 Å². The molecule has 2 aliphatic rings. The van der Waals surface area contributed by atoms with E-state index in [2.05, 4.69) is 28.1 Å². The molecule has 1 fully saturated rings. The van der Waals surface area contributed by atoms with Crippen LogP contribution in [-0.2, 0) is 4.79 Å². The van der Waals surface area contributed by atoms with Crippen LogP contribution in [0.25, 0.3) is 10.2 Å². The minimum Gasteiger partial charge on any atom is -0.494 e. The number of amides is 1. The van der Waals surface area contributed by atoms with E-state index in [1.54, 1.807) is 18.4 Å². The molecule has 1 atom stereocenters. The van der Waals surface area contributed by atoms with Crippen molar-refractivity contribution in [3.05, 3.63) is 42.0 Å². The fourth-order valence-electron chi connectivity index (χ4n) is 4.16. The number of rotatable bonds is 6. The van der Waals surface area contributed by atoms with E-state index >= 15 is 0 Å². The summed E-state index contributed by atoms with van der Waals surface area (Å²) in [5.41, 5.74) is 2.17. The smallest absolute Gasteiger partial charge is 0.264 e. The standard InChI is InChI=1S/C24H28N4O4S/c1-16-7-8-19(30-2)21-22(16)33-24(26-21)28-13-11-27(12-14-28)10-9-25-23(29)20-15-31-17-5-3-4-6-18(17)32-20/h3-8,20H,9-15H2,1-2H3,(H,25,29). The van der Waals surface area contributed by atoms with Crippen LogP contribution in [0.1, 0.15) is 5.56 Å². The Morgan fingerprint density at radius 2 is 1.97 bits per heavy atom. The van der Waals surface area contributed by atoms with Gasteiger partial charge in [-0.15, -0.1) is 0 Å². The summed E-state index contributed by atoms with van der Waals surface area (Å²) in [4.78, 5) is 22.1. The van der Waals surface area contributed by atoms with Gasteiger partial charge in [-0.25, -0.2) is 4.98 Å². The molecule has 3 aromatic rings. The Bertz CT molecular complexity index is 1140. The van der Waals surface area contributed by atoms with Crippen molar-refractivity contribution in [3.63, 3.8) is 0 Å². The van der Waals surface area contributed by atoms with Crippen LogP contribution in [0.5, 0.6) is 17.2 Å². The molecule has 0 spiro atoms. The van der Waals surface area contributed by atoms with Crippen LogP contribution in [0.4, 0.5) is 5.13 Å². The van der Waals surface area contributed by atoms with Gasteiger partial charge in [-0.1, -0.05) is 29.5 Å². The van der Waals surface area contributed by atoms with E-state index in [-0.39, 0.29) is 12.5 Å². The molecule has 8 nitrogen and oxygen atoms in total. The maximum absolute atomic E-state index is 12.5. The molecule has 5 rings (SSSR count). The maximum atomic E-state index is 12.5. The molecule has 0 aliphatic carbocycles. The Morgan fingerprint density at radius 1 is 1.18 bits per heavy atom. The Balaban J connectivity index is 1.10. The second-order valence-electron chi connectivity index (χ2n) is 8.24. The Kier molecular flexibility index (Phi) is 6.24. The van der Waals surface area contributed by atoms with Gasteiger partial charge < -0.3 is 24.4 Å². The normalized spacial score (nSPS) is 18.4. The number of carbonyl (C=O) groups excluding carboxylic acids is 1. The number of hydrogen-bond acceptors (Lipinski definition) is 8. The summed E-state index contributed by atoms with van der Waals surface area (Å²) in [5, 5.41) is 4.03. The zero-order valence-corrected chi connectivity index (χ0v) is 19.7. The Hall–Kier alpha value is -3.04. The van der Waals surface area contributed by atoms with Crippen molar-refractivity contribution in [3.8, 4) is 17.2 Å². The molecule has 1 N–H and O–H groups in total. The SMILES string of the molecule is COc1ccc(C)c2sc(N3CCN(CCNC(=O)C4COc5ccccc5O4)CC3)nc12. The van der Waals surface area contributed by atoms with Gasteiger partial charge in [-0.2, -0.15) is 0 Å². The first-order valence-electron chi connectivity index (χ1n) is 11.2. The monoisotopic (exact) mass is 468 g/mol. The van der Waals surface area contributed by atoms with Crippen molar-refractivity contribution in [2.45, 2.75) is 13.0 Å². The molecule has 1 amide bonds. The number of anilines is 1. The third-order valence-corrected chi connectivity index (χ3v) is 7.33. The lowest BCUT2D eigenvalue weighted by atomic mass is 10.2. The third-order valence-electron chi connectivity index (χ3n) is 6.08. The number of hydrogen-bond donors (Lipinski definition) is 1. The molecule has 3 heterocycles. The molecule has 0 radical (unpaired) electrons. The number of methoxy groups -OCH3 is 1. The fourth-order valence-corrected chi connectivity index (χ4v) is 5.26. The summed E-state index contributed by atoms with van der Waals surface area (Å²) < 4.78 is 18.1. The van der Waals surface area contributed by atoms with Gasteiger partial charge in [0.25, 0.3) is 5.91 Å². The second-order valence-corrected chi connectivity index (χ2v) is 9.22. The molecular weight excluding hydrogens is 440 g/mol. The summed E-state index contributed by atoms with van der Waals surface area (Å²) >= 11 is 1.73.